The number of alkyl halides is 5. The lowest BCUT2D eigenvalue weighted by Crippen LogP contribution is -2.07. The normalized spacial score (nSPS) is 14.0. The Morgan fingerprint density at radius 2 is 1.91 bits per heavy atom. The van der Waals surface area contributed by atoms with Gasteiger partial charge in [0.25, 0.3) is 6.43 Å². The molecule has 0 aliphatic carbocycles. The van der Waals surface area contributed by atoms with Gasteiger partial charge >= 0.3 is 6.18 Å². The Morgan fingerprint density at radius 3 is 2.26 bits per heavy atom. The van der Waals surface area contributed by atoms with Crippen LogP contribution in [0.4, 0.5) is 22.0 Å². The molecule has 0 bridgehead atoms. The van der Waals surface area contributed by atoms with Crippen LogP contribution in [0.3, 0.4) is 0 Å². The molecule has 0 saturated heterocycles. The van der Waals surface area contributed by atoms with E-state index in [1.165, 1.54) is 13.8 Å². The summed E-state index contributed by atoms with van der Waals surface area (Å²) in [6, 6.07) is 1.19. The Bertz CT molecular complexity index is 650. The van der Waals surface area contributed by atoms with E-state index in [4.69, 9.17) is 11.6 Å². The summed E-state index contributed by atoms with van der Waals surface area (Å²) in [6.45, 7) is 5.75. The van der Waals surface area contributed by atoms with Crippen LogP contribution in [-0.2, 0) is 6.18 Å². The number of rotatable bonds is 4. The number of aliphatic imine (C=N–C) groups is 1. The molecule has 0 fully saturated rings. The third-order valence-corrected chi connectivity index (χ3v) is 3.01. The summed E-state index contributed by atoms with van der Waals surface area (Å²) in [6.07, 6.45) is -6.76. The van der Waals surface area contributed by atoms with Crippen molar-refractivity contribution in [3.8, 4) is 5.75 Å². The van der Waals surface area contributed by atoms with E-state index in [9.17, 15) is 27.1 Å². The van der Waals surface area contributed by atoms with Crippen LogP contribution in [-0.4, -0.2) is 18.2 Å². The molecule has 2 nitrogen and oxygen atoms in total. The van der Waals surface area contributed by atoms with E-state index in [0.717, 1.165) is 12.1 Å². The first-order valence-corrected chi connectivity index (χ1v) is 6.60. The van der Waals surface area contributed by atoms with Crippen LogP contribution in [0.2, 0.25) is 0 Å². The highest BCUT2D eigenvalue weighted by atomic mass is 35.5. The lowest BCUT2D eigenvalue weighted by molar-refractivity contribution is -0.137. The Hall–Kier alpha value is -1.89. The molecule has 0 unspecified atom stereocenters. The van der Waals surface area contributed by atoms with Crippen molar-refractivity contribution < 1.29 is 27.1 Å². The summed E-state index contributed by atoms with van der Waals surface area (Å²) in [7, 11) is 0. The second-order valence-electron chi connectivity index (χ2n) is 4.68. The number of aromatic hydroxyl groups is 1. The predicted molar refractivity (Wildman–Crippen MR) is 79.9 cm³/mol. The lowest BCUT2D eigenvalue weighted by atomic mass is 9.97. The van der Waals surface area contributed by atoms with Crippen LogP contribution in [0.25, 0.3) is 5.70 Å². The quantitative estimate of drug-likeness (QED) is 0.430. The number of nitrogens with zero attached hydrogens (tertiary/aromatic N) is 1. The summed E-state index contributed by atoms with van der Waals surface area (Å²) in [4.78, 5) is 3.45. The molecule has 1 N–H and O–H groups in total. The van der Waals surface area contributed by atoms with Gasteiger partial charge in [-0.1, -0.05) is 11.6 Å². The lowest BCUT2D eigenvalue weighted by Gasteiger charge is -2.15. The van der Waals surface area contributed by atoms with Gasteiger partial charge in [-0.15, -0.1) is 0 Å². The molecular formula is C15H13ClF5NO. The van der Waals surface area contributed by atoms with Crippen LogP contribution in [0.5, 0.6) is 5.75 Å². The van der Waals surface area contributed by atoms with Gasteiger partial charge in [-0.3, -0.25) is 4.99 Å². The standard InChI is InChI=1S/C15H13ClF5NO/c1-7-4-9(15(19,20)21)6-11(23)12(7)13(22-3)10(14(17)18)5-8(2)16/h4-6,14,23H,3H2,1-2H3/b8-5+,13-10+. The molecule has 0 aliphatic heterocycles. The van der Waals surface area contributed by atoms with Crippen LogP contribution in [0, 0.1) is 6.92 Å². The van der Waals surface area contributed by atoms with Gasteiger partial charge in [-0.25, -0.2) is 8.78 Å². The summed E-state index contributed by atoms with van der Waals surface area (Å²) >= 11 is 5.59. The summed E-state index contributed by atoms with van der Waals surface area (Å²) in [5.74, 6) is -0.821. The summed E-state index contributed by atoms with van der Waals surface area (Å²) in [5.41, 5.74) is -2.49. The third kappa shape index (κ3) is 4.54. The van der Waals surface area contributed by atoms with Crippen LogP contribution < -0.4 is 0 Å². The van der Waals surface area contributed by atoms with E-state index in [2.05, 4.69) is 11.7 Å². The third-order valence-electron chi connectivity index (χ3n) is 2.90. The van der Waals surface area contributed by atoms with E-state index >= 15 is 0 Å². The maximum Gasteiger partial charge on any atom is 0.416 e. The number of aryl methyl sites for hydroxylation is 1. The van der Waals surface area contributed by atoms with Gasteiger partial charge in [0.15, 0.2) is 0 Å². The number of phenols is 1. The molecule has 0 atom stereocenters. The molecule has 8 heteroatoms. The molecule has 0 spiro atoms. The smallest absolute Gasteiger partial charge is 0.416 e. The second kappa shape index (κ2) is 7.12. The number of halogens is 6. The number of phenolic OH excluding ortho intramolecular Hbond substituents is 1. The zero-order chi connectivity index (χ0) is 17.9. The van der Waals surface area contributed by atoms with Crippen LogP contribution >= 0.6 is 11.6 Å². The van der Waals surface area contributed by atoms with Crippen LogP contribution in [0.1, 0.15) is 23.6 Å². The highest BCUT2D eigenvalue weighted by Crippen LogP contribution is 2.39. The molecule has 0 radical (unpaired) electrons. The fourth-order valence-corrected chi connectivity index (χ4v) is 2.12. The van der Waals surface area contributed by atoms with E-state index in [-0.39, 0.29) is 16.2 Å². The van der Waals surface area contributed by atoms with Gasteiger partial charge in [-0.05, 0) is 44.3 Å². The first-order valence-electron chi connectivity index (χ1n) is 6.23. The first-order chi connectivity index (χ1) is 10.5. The average Bonchev–Trinajstić information content (AvgIpc) is 2.38. The van der Waals surface area contributed by atoms with Crippen molar-refractivity contribution in [1.29, 1.82) is 0 Å². The minimum atomic E-state index is -4.68. The zero-order valence-corrected chi connectivity index (χ0v) is 12.9. The Morgan fingerprint density at radius 1 is 1.35 bits per heavy atom. The first kappa shape index (κ1) is 19.2. The average molecular weight is 354 g/mol. The number of allylic oxidation sites excluding steroid dienone is 3. The molecule has 0 aliphatic rings. The van der Waals surface area contributed by atoms with Gasteiger partial charge in [-0.2, -0.15) is 13.2 Å². The molecule has 126 valence electrons. The summed E-state index contributed by atoms with van der Waals surface area (Å²) < 4.78 is 64.6. The molecule has 0 amide bonds. The minimum absolute atomic E-state index is 0.0190. The van der Waals surface area contributed by atoms with E-state index < -0.39 is 35.2 Å². The molecule has 1 rings (SSSR count). The van der Waals surface area contributed by atoms with E-state index in [1.54, 1.807) is 0 Å². The molecule has 23 heavy (non-hydrogen) atoms. The fraction of sp³-hybridized carbons (Fsp3) is 0.267. The van der Waals surface area contributed by atoms with Crippen molar-refractivity contribution in [2.24, 2.45) is 4.99 Å². The molecule has 0 saturated carbocycles. The molecule has 1 aromatic rings. The van der Waals surface area contributed by atoms with Crippen molar-refractivity contribution in [3.63, 3.8) is 0 Å². The minimum Gasteiger partial charge on any atom is -0.507 e. The maximum atomic E-state index is 13.2. The highest BCUT2D eigenvalue weighted by molar-refractivity contribution is 6.29. The Kier molecular flexibility index (Phi) is 5.93. The molecular weight excluding hydrogens is 341 g/mol. The maximum absolute atomic E-state index is 13.2. The van der Waals surface area contributed by atoms with Crippen molar-refractivity contribution in [2.75, 3.05) is 0 Å². The van der Waals surface area contributed by atoms with Crippen molar-refractivity contribution in [2.45, 2.75) is 26.4 Å². The monoisotopic (exact) mass is 353 g/mol. The highest BCUT2D eigenvalue weighted by Gasteiger charge is 2.32. The van der Waals surface area contributed by atoms with Crippen molar-refractivity contribution >= 4 is 24.0 Å². The van der Waals surface area contributed by atoms with E-state index in [1.807, 2.05) is 0 Å². The van der Waals surface area contributed by atoms with Gasteiger partial charge < -0.3 is 5.11 Å². The fourth-order valence-electron chi connectivity index (χ4n) is 2.00. The largest absolute Gasteiger partial charge is 0.507 e. The number of hydrogen-bond acceptors (Lipinski definition) is 2. The zero-order valence-electron chi connectivity index (χ0n) is 12.2. The van der Waals surface area contributed by atoms with Crippen molar-refractivity contribution in [1.82, 2.24) is 0 Å². The molecule has 1 aromatic carbocycles. The SMILES string of the molecule is C=N/C(=C(\C=C(/C)Cl)C(F)F)c1c(C)cc(C(F)(F)F)cc1O. The van der Waals surface area contributed by atoms with Gasteiger partial charge in [0, 0.05) is 16.2 Å². The predicted octanol–water partition coefficient (Wildman–Crippen LogP) is 5.54. The number of hydrogen-bond donors (Lipinski definition) is 1. The van der Waals surface area contributed by atoms with Crippen LogP contribution in [0.15, 0.2) is 33.8 Å². The van der Waals surface area contributed by atoms with Crippen molar-refractivity contribution in [3.05, 3.63) is 45.5 Å². The molecule has 0 heterocycles. The topological polar surface area (TPSA) is 32.6 Å². The second-order valence-corrected chi connectivity index (χ2v) is 5.28. The molecule has 0 aromatic heterocycles. The Balaban J connectivity index is 3.72. The van der Waals surface area contributed by atoms with E-state index in [0.29, 0.717) is 6.07 Å². The van der Waals surface area contributed by atoms with Gasteiger partial charge in [0.05, 0.1) is 11.3 Å². The Labute approximate surface area is 134 Å². The summed E-state index contributed by atoms with van der Waals surface area (Å²) in [5, 5.41) is 9.90. The van der Waals surface area contributed by atoms with Gasteiger partial charge in [0.1, 0.15) is 5.75 Å². The number of benzene rings is 1. The van der Waals surface area contributed by atoms with Gasteiger partial charge in [0.2, 0.25) is 0 Å².